The van der Waals surface area contributed by atoms with Crippen LogP contribution in [-0.2, 0) is 0 Å². The number of hydrogen-bond acceptors (Lipinski definition) is 4. The average molecular weight is 245 g/mol. The molecule has 0 bridgehead atoms. The summed E-state index contributed by atoms with van der Waals surface area (Å²) in [6.45, 7) is 1.43. The molecule has 0 saturated carbocycles. The Labute approximate surface area is 101 Å². The number of nitrogens with one attached hydrogen (secondary N) is 1. The van der Waals surface area contributed by atoms with Crippen LogP contribution in [0.25, 0.3) is 0 Å². The first-order chi connectivity index (χ1) is 7.72. The number of ether oxygens (including phenoxy) is 2. The molecule has 0 aliphatic heterocycles. The van der Waals surface area contributed by atoms with E-state index in [-0.39, 0.29) is 0 Å². The van der Waals surface area contributed by atoms with Crippen LogP contribution in [0.2, 0.25) is 5.02 Å². The molecule has 0 fully saturated rings. The van der Waals surface area contributed by atoms with Crippen LogP contribution in [0.4, 0.5) is 5.69 Å². The van der Waals surface area contributed by atoms with Gasteiger partial charge >= 0.3 is 0 Å². The summed E-state index contributed by atoms with van der Waals surface area (Å²) >= 11 is 6.09. The van der Waals surface area contributed by atoms with Crippen molar-refractivity contribution in [2.75, 3.05) is 32.6 Å². The van der Waals surface area contributed by atoms with Crippen molar-refractivity contribution in [2.24, 2.45) is 5.73 Å². The highest BCUT2D eigenvalue weighted by molar-refractivity contribution is 6.33. The second-order valence-electron chi connectivity index (χ2n) is 3.26. The molecule has 1 aromatic rings. The zero-order chi connectivity index (χ0) is 12.0. The molecule has 0 aliphatic rings. The highest BCUT2D eigenvalue weighted by Crippen LogP contribution is 2.35. The number of halogens is 1. The lowest BCUT2D eigenvalue weighted by atomic mass is 10.2. The summed E-state index contributed by atoms with van der Waals surface area (Å²) in [6.07, 6.45) is 0.894. The second kappa shape index (κ2) is 6.45. The molecule has 0 heterocycles. The molecular weight excluding hydrogens is 228 g/mol. The molecule has 16 heavy (non-hydrogen) atoms. The molecule has 0 unspecified atom stereocenters. The van der Waals surface area contributed by atoms with Gasteiger partial charge in [0.25, 0.3) is 0 Å². The van der Waals surface area contributed by atoms with E-state index in [1.807, 2.05) is 6.07 Å². The lowest BCUT2D eigenvalue weighted by Crippen LogP contribution is -2.08. The summed E-state index contributed by atoms with van der Waals surface area (Å²) in [7, 11) is 3.17. The lowest BCUT2D eigenvalue weighted by Gasteiger charge is -2.12. The van der Waals surface area contributed by atoms with E-state index in [1.165, 1.54) is 0 Å². The molecule has 0 radical (unpaired) electrons. The first-order valence-corrected chi connectivity index (χ1v) is 5.46. The predicted molar refractivity (Wildman–Crippen MR) is 66.7 cm³/mol. The molecule has 1 rings (SSSR count). The lowest BCUT2D eigenvalue weighted by molar-refractivity contribution is 0.355. The maximum absolute atomic E-state index is 6.09. The molecule has 0 aliphatic carbocycles. The largest absolute Gasteiger partial charge is 0.493 e. The van der Waals surface area contributed by atoms with E-state index in [0.29, 0.717) is 23.1 Å². The number of hydrogen-bond donors (Lipinski definition) is 2. The minimum absolute atomic E-state index is 0.606. The Kier molecular flexibility index (Phi) is 5.22. The van der Waals surface area contributed by atoms with Crippen molar-refractivity contribution in [3.63, 3.8) is 0 Å². The predicted octanol–water partition coefficient (Wildman–Crippen LogP) is 2.12. The van der Waals surface area contributed by atoms with E-state index < -0.39 is 0 Å². The SMILES string of the molecule is COc1cc(Cl)c(NCCCN)cc1OC. The summed E-state index contributed by atoms with van der Waals surface area (Å²) in [6, 6.07) is 3.54. The standard InChI is InChI=1S/C11H17ClN2O2/c1-15-10-6-8(12)9(7-11(10)16-2)14-5-3-4-13/h6-7,14H,3-5,13H2,1-2H3. The van der Waals surface area contributed by atoms with Gasteiger partial charge in [-0.15, -0.1) is 0 Å². The van der Waals surface area contributed by atoms with Gasteiger partial charge < -0.3 is 20.5 Å². The Bertz CT molecular complexity index is 345. The van der Waals surface area contributed by atoms with Gasteiger partial charge in [-0.05, 0) is 13.0 Å². The maximum atomic E-state index is 6.09. The normalized spacial score (nSPS) is 10.0. The van der Waals surface area contributed by atoms with Crippen LogP contribution in [0, 0.1) is 0 Å². The van der Waals surface area contributed by atoms with Gasteiger partial charge in [0, 0.05) is 18.7 Å². The van der Waals surface area contributed by atoms with Crippen molar-refractivity contribution in [3.8, 4) is 11.5 Å². The molecular formula is C11H17ClN2O2. The molecule has 0 saturated heterocycles. The van der Waals surface area contributed by atoms with E-state index in [1.54, 1.807) is 20.3 Å². The molecule has 3 N–H and O–H groups in total. The smallest absolute Gasteiger partial charge is 0.162 e. The number of benzene rings is 1. The number of nitrogens with two attached hydrogens (primary N) is 1. The fourth-order valence-corrected chi connectivity index (χ4v) is 1.54. The van der Waals surface area contributed by atoms with Crippen LogP contribution in [0.15, 0.2) is 12.1 Å². The third-order valence-corrected chi connectivity index (χ3v) is 2.48. The van der Waals surface area contributed by atoms with Gasteiger partial charge in [0.2, 0.25) is 0 Å². The summed E-state index contributed by atoms with van der Waals surface area (Å²) in [5, 5.41) is 3.80. The molecule has 0 aromatic heterocycles. The fourth-order valence-electron chi connectivity index (χ4n) is 1.31. The van der Waals surface area contributed by atoms with Crippen LogP contribution in [0.3, 0.4) is 0 Å². The maximum Gasteiger partial charge on any atom is 0.162 e. The van der Waals surface area contributed by atoms with Gasteiger partial charge in [0.1, 0.15) is 0 Å². The molecule has 0 atom stereocenters. The number of anilines is 1. The van der Waals surface area contributed by atoms with Crippen LogP contribution in [-0.4, -0.2) is 27.3 Å². The highest BCUT2D eigenvalue weighted by Gasteiger charge is 2.09. The topological polar surface area (TPSA) is 56.5 Å². The van der Waals surface area contributed by atoms with Gasteiger partial charge in [-0.25, -0.2) is 0 Å². The van der Waals surface area contributed by atoms with E-state index in [4.69, 9.17) is 26.8 Å². The minimum Gasteiger partial charge on any atom is -0.493 e. The summed E-state index contributed by atoms with van der Waals surface area (Å²) in [5.74, 6) is 1.28. The summed E-state index contributed by atoms with van der Waals surface area (Å²) in [4.78, 5) is 0. The highest BCUT2D eigenvalue weighted by atomic mass is 35.5. The van der Waals surface area contributed by atoms with E-state index in [9.17, 15) is 0 Å². The van der Waals surface area contributed by atoms with Gasteiger partial charge in [-0.3, -0.25) is 0 Å². The third-order valence-electron chi connectivity index (χ3n) is 2.17. The van der Waals surface area contributed by atoms with E-state index >= 15 is 0 Å². The fraction of sp³-hybridized carbons (Fsp3) is 0.455. The van der Waals surface area contributed by atoms with Gasteiger partial charge in [-0.1, -0.05) is 11.6 Å². The van der Waals surface area contributed by atoms with Crippen molar-refractivity contribution in [1.29, 1.82) is 0 Å². The number of methoxy groups -OCH3 is 2. The van der Waals surface area contributed by atoms with Crippen LogP contribution >= 0.6 is 11.6 Å². The zero-order valence-electron chi connectivity index (χ0n) is 9.55. The zero-order valence-corrected chi connectivity index (χ0v) is 10.3. The third kappa shape index (κ3) is 3.18. The van der Waals surface area contributed by atoms with Gasteiger partial charge in [0.05, 0.1) is 24.9 Å². The van der Waals surface area contributed by atoms with Gasteiger partial charge in [0.15, 0.2) is 11.5 Å². The molecule has 0 amide bonds. The van der Waals surface area contributed by atoms with E-state index in [2.05, 4.69) is 5.32 Å². The van der Waals surface area contributed by atoms with Crippen molar-refractivity contribution < 1.29 is 9.47 Å². The Morgan fingerprint density at radius 3 is 2.44 bits per heavy atom. The summed E-state index contributed by atoms with van der Waals surface area (Å²) in [5.41, 5.74) is 6.24. The molecule has 4 nitrogen and oxygen atoms in total. The van der Waals surface area contributed by atoms with Crippen molar-refractivity contribution in [3.05, 3.63) is 17.2 Å². The Morgan fingerprint density at radius 2 is 1.88 bits per heavy atom. The average Bonchev–Trinajstić information content (AvgIpc) is 2.31. The minimum atomic E-state index is 0.606. The summed E-state index contributed by atoms with van der Waals surface area (Å²) < 4.78 is 10.3. The monoisotopic (exact) mass is 244 g/mol. The molecule has 0 spiro atoms. The second-order valence-corrected chi connectivity index (χ2v) is 3.66. The van der Waals surface area contributed by atoms with Crippen molar-refractivity contribution in [1.82, 2.24) is 0 Å². The molecule has 1 aromatic carbocycles. The van der Waals surface area contributed by atoms with Crippen molar-refractivity contribution in [2.45, 2.75) is 6.42 Å². The van der Waals surface area contributed by atoms with Crippen molar-refractivity contribution >= 4 is 17.3 Å². The van der Waals surface area contributed by atoms with Crippen LogP contribution in [0.1, 0.15) is 6.42 Å². The quantitative estimate of drug-likeness (QED) is 0.753. The first kappa shape index (κ1) is 12.9. The van der Waals surface area contributed by atoms with Crippen LogP contribution < -0.4 is 20.5 Å². The Morgan fingerprint density at radius 1 is 1.25 bits per heavy atom. The first-order valence-electron chi connectivity index (χ1n) is 5.08. The van der Waals surface area contributed by atoms with Gasteiger partial charge in [-0.2, -0.15) is 0 Å². The van der Waals surface area contributed by atoms with Crippen LogP contribution in [0.5, 0.6) is 11.5 Å². The molecule has 5 heteroatoms. The number of rotatable bonds is 6. The van der Waals surface area contributed by atoms with E-state index in [0.717, 1.165) is 18.7 Å². The Hall–Kier alpha value is -1.13. The Balaban J connectivity index is 2.84. The molecule has 90 valence electrons.